The third-order valence-electron chi connectivity index (χ3n) is 6.72. The second-order valence-electron chi connectivity index (χ2n) is 10.1. The number of ether oxygens (including phenoxy) is 2. The third-order valence-corrected chi connectivity index (χ3v) is 6.72. The second kappa shape index (κ2) is 11.2. The van der Waals surface area contributed by atoms with Gasteiger partial charge in [-0.2, -0.15) is 0 Å². The van der Waals surface area contributed by atoms with Crippen molar-refractivity contribution >= 4 is 29.1 Å². The minimum Gasteiger partial charge on any atom is -0.507 e. The van der Waals surface area contributed by atoms with E-state index in [0.29, 0.717) is 28.1 Å². The number of ketones is 1. The van der Waals surface area contributed by atoms with Crippen molar-refractivity contribution in [3.63, 3.8) is 0 Å². The number of methoxy groups -OCH3 is 1. The minimum absolute atomic E-state index is 0.0238. The summed E-state index contributed by atoms with van der Waals surface area (Å²) >= 11 is 0. The molecule has 39 heavy (non-hydrogen) atoms. The fourth-order valence-electron chi connectivity index (χ4n) is 4.84. The van der Waals surface area contributed by atoms with Gasteiger partial charge in [0.1, 0.15) is 11.5 Å². The van der Waals surface area contributed by atoms with Gasteiger partial charge < -0.3 is 14.6 Å². The highest BCUT2D eigenvalue weighted by Gasteiger charge is 2.47. The maximum atomic E-state index is 13.6. The lowest BCUT2D eigenvalue weighted by Gasteiger charge is -2.26. The van der Waals surface area contributed by atoms with E-state index in [1.807, 2.05) is 39.0 Å². The largest absolute Gasteiger partial charge is 0.507 e. The van der Waals surface area contributed by atoms with Crippen LogP contribution in [0.2, 0.25) is 0 Å². The Bertz CT molecular complexity index is 1450. The van der Waals surface area contributed by atoms with Gasteiger partial charge in [-0.25, -0.2) is 4.79 Å². The van der Waals surface area contributed by atoms with Gasteiger partial charge in [0.25, 0.3) is 11.7 Å². The molecule has 0 aromatic heterocycles. The van der Waals surface area contributed by atoms with Gasteiger partial charge in [0, 0.05) is 11.3 Å². The molecule has 0 spiro atoms. The molecule has 1 N–H and O–H groups in total. The number of aliphatic hydroxyl groups excluding tert-OH is 1. The fourth-order valence-corrected chi connectivity index (χ4v) is 4.84. The molecule has 0 saturated carbocycles. The number of aliphatic hydroxyl groups is 1. The van der Waals surface area contributed by atoms with Crippen LogP contribution in [0.4, 0.5) is 5.69 Å². The first kappa shape index (κ1) is 27.6. The van der Waals surface area contributed by atoms with E-state index in [4.69, 9.17) is 9.47 Å². The van der Waals surface area contributed by atoms with Crippen molar-refractivity contribution in [1.82, 2.24) is 0 Å². The lowest BCUT2D eigenvalue weighted by Crippen LogP contribution is -2.29. The van der Waals surface area contributed by atoms with E-state index in [1.54, 1.807) is 63.4 Å². The Morgan fingerprint density at radius 1 is 0.949 bits per heavy atom. The van der Waals surface area contributed by atoms with Crippen molar-refractivity contribution in [2.24, 2.45) is 0 Å². The van der Waals surface area contributed by atoms with Crippen molar-refractivity contribution < 1.29 is 29.0 Å². The van der Waals surface area contributed by atoms with Crippen LogP contribution in [0.25, 0.3) is 5.76 Å². The van der Waals surface area contributed by atoms with Crippen molar-refractivity contribution in [3.05, 3.63) is 100 Å². The topological polar surface area (TPSA) is 93.1 Å². The molecular formula is C32H33NO6. The molecule has 1 atom stereocenters. The monoisotopic (exact) mass is 527 g/mol. The van der Waals surface area contributed by atoms with Crippen LogP contribution in [0.15, 0.2) is 72.3 Å². The second-order valence-corrected chi connectivity index (χ2v) is 10.1. The predicted molar refractivity (Wildman–Crippen MR) is 150 cm³/mol. The summed E-state index contributed by atoms with van der Waals surface area (Å²) in [5.74, 6) is -1.62. The Morgan fingerprint density at radius 2 is 1.64 bits per heavy atom. The Kier molecular flexibility index (Phi) is 7.90. The summed E-state index contributed by atoms with van der Waals surface area (Å²) in [5.41, 5.74) is 3.23. The number of nitrogens with zero attached hydrogens (tertiary/aromatic N) is 1. The van der Waals surface area contributed by atoms with Gasteiger partial charge in [0.05, 0.1) is 30.4 Å². The zero-order valence-electron chi connectivity index (χ0n) is 23.0. The van der Waals surface area contributed by atoms with Gasteiger partial charge in [-0.1, -0.05) is 50.2 Å². The molecule has 0 radical (unpaired) electrons. The SMILES string of the molecule is COc1cc(C)c(/C(O)=C2\C(=O)C(=O)N(c3cccc(C(=O)OC(C)C)c3)C2c2ccccc2)cc1C(C)C. The third kappa shape index (κ3) is 5.30. The molecule has 7 heteroatoms. The highest BCUT2D eigenvalue weighted by atomic mass is 16.5. The van der Waals surface area contributed by atoms with E-state index < -0.39 is 23.7 Å². The Morgan fingerprint density at radius 3 is 2.26 bits per heavy atom. The molecule has 1 aliphatic rings. The number of amides is 1. The van der Waals surface area contributed by atoms with E-state index in [1.165, 1.54) is 11.0 Å². The summed E-state index contributed by atoms with van der Waals surface area (Å²) in [6, 6.07) is 18.2. The summed E-state index contributed by atoms with van der Waals surface area (Å²) in [5, 5.41) is 11.7. The molecule has 1 saturated heterocycles. The summed E-state index contributed by atoms with van der Waals surface area (Å²) in [7, 11) is 1.59. The van der Waals surface area contributed by atoms with Gasteiger partial charge in [-0.05, 0) is 73.7 Å². The van der Waals surface area contributed by atoms with Gasteiger partial charge in [0.2, 0.25) is 0 Å². The number of Topliss-reactive ketones (excluding diaryl/α,β-unsaturated/α-hetero) is 1. The van der Waals surface area contributed by atoms with E-state index in [0.717, 1.165) is 5.56 Å². The number of benzene rings is 3. The van der Waals surface area contributed by atoms with Crippen LogP contribution in [0.5, 0.6) is 5.75 Å². The number of carbonyl (C=O) groups excluding carboxylic acids is 3. The molecule has 4 rings (SSSR count). The van der Waals surface area contributed by atoms with Gasteiger partial charge >= 0.3 is 5.97 Å². The normalized spacial score (nSPS) is 16.7. The van der Waals surface area contributed by atoms with Crippen LogP contribution in [0.1, 0.15) is 72.3 Å². The predicted octanol–water partition coefficient (Wildman–Crippen LogP) is 6.32. The van der Waals surface area contributed by atoms with Crippen LogP contribution >= 0.6 is 0 Å². The zero-order valence-corrected chi connectivity index (χ0v) is 23.0. The summed E-state index contributed by atoms with van der Waals surface area (Å²) < 4.78 is 10.9. The first-order chi connectivity index (χ1) is 18.5. The number of esters is 1. The average Bonchev–Trinajstić information content (AvgIpc) is 3.18. The van der Waals surface area contributed by atoms with E-state index in [2.05, 4.69) is 0 Å². The first-order valence-corrected chi connectivity index (χ1v) is 12.9. The average molecular weight is 528 g/mol. The van der Waals surface area contributed by atoms with Gasteiger partial charge in [-0.15, -0.1) is 0 Å². The Labute approximate surface area is 228 Å². The zero-order chi connectivity index (χ0) is 28.4. The fraction of sp³-hybridized carbons (Fsp3) is 0.281. The molecule has 1 aliphatic heterocycles. The molecule has 1 unspecified atom stereocenters. The van der Waals surface area contributed by atoms with Crippen molar-refractivity contribution in [2.75, 3.05) is 12.0 Å². The molecule has 7 nitrogen and oxygen atoms in total. The highest BCUT2D eigenvalue weighted by Crippen LogP contribution is 2.43. The lowest BCUT2D eigenvalue weighted by atomic mass is 9.91. The molecule has 1 fully saturated rings. The summed E-state index contributed by atoms with van der Waals surface area (Å²) in [4.78, 5) is 41.1. The van der Waals surface area contributed by atoms with Gasteiger partial charge in [0.15, 0.2) is 0 Å². The number of hydrogen-bond donors (Lipinski definition) is 1. The smallest absolute Gasteiger partial charge is 0.338 e. The number of carbonyl (C=O) groups is 3. The van der Waals surface area contributed by atoms with E-state index >= 15 is 0 Å². The van der Waals surface area contributed by atoms with Gasteiger partial charge in [-0.3, -0.25) is 14.5 Å². The maximum absolute atomic E-state index is 13.6. The first-order valence-electron chi connectivity index (χ1n) is 12.9. The molecular weight excluding hydrogens is 494 g/mol. The maximum Gasteiger partial charge on any atom is 0.338 e. The minimum atomic E-state index is -0.911. The number of rotatable bonds is 7. The van der Waals surface area contributed by atoms with Crippen LogP contribution in [0, 0.1) is 6.92 Å². The van der Waals surface area contributed by atoms with Crippen molar-refractivity contribution in [1.29, 1.82) is 0 Å². The van der Waals surface area contributed by atoms with Crippen molar-refractivity contribution in [2.45, 2.75) is 52.7 Å². The summed E-state index contributed by atoms with van der Waals surface area (Å²) in [6.07, 6.45) is -0.317. The van der Waals surface area contributed by atoms with Crippen LogP contribution in [-0.2, 0) is 14.3 Å². The molecule has 1 amide bonds. The molecule has 0 aliphatic carbocycles. The molecule has 3 aromatic carbocycles. The Hall–Kier alpha value is -4.39. The molecule has 1 heterocycles. The number of anilines is 1. The van der Waals surface area contributed by atoms with Crippen LogP contribution in [-0.4, -0.2) is 36.0 Å². The number of hydrogen-bond acceptors (Lipinski definition) is 6. The number of aryl methyl sites for hydroxylation is 1. The lowest BCUT2D eigenvalue weighted by molar-refractivity contribution is -0.132. The van der Waals surface area contributed by atoms with E-state index in [-0.39, 0.29) is 28.9 Å². The molecule has 0 bridgehead atoms. The van der Waals surface area contributed by atoms with E-state index in [9.17, 15) is 19.5 Å². The standard InChI is InChI=1S/C32H33NO6/c1-18(2)24-17-25(20(5)15-26(24)38-6)29(34)27-28(21-11-8-7-9-12-21)33(31(36)30(27)35)23-14-10-13-22(16-23)32(37)39-19(3)4/h7-19,28,34H,1-6H3/b29-27+. The van der Waals surface area contributed by atoms with Crippen molar-refractivity contribution in [3.8, 4) is 5.75 Å². The highest BCUT2D eigenvalue weighted by molar-refractivity contribution is 6.51. The van der Waals surface area contributed by atoms with Crippen LogP contribution < -0.4 is 9.64 Å². The van der Waals surface area contributed by atoms with Crippen LogP contribution in [0.3, 0.4) is 0 Å². The quantitative estimate of drug-likeness (QED) is 0.167. The summed E-state index contributed by atoms with van der Waals surface area (Å²) in [6.45, 7) is 9.34. The Balaban J connectivity index is 1.93. The molecule has 202 valence electrons. The molecule has 3 aromatic rings.